The van der Waals surface area contributed by atoms with E-state index in [0.717, 1.165) is 57.7 Å². The van der Waals surface area contributed by atoms with Crippen molar-refractivity contribution in [2.75, 3.05) is 26.2 Å². The van der Waals surface area contributed by atoms with Crippen molar-refractivity contribution in [3.8, 4) is 6.07 Å². The van der Waals surface area contributed by atoms with Gasteiger partial charge in [-0.05, 0) is 30.5 Å². The molecule has 2 heterocycles. The molecular formula is C22H29N5O. The van der Waals surface area contributed by atoms with E-state index in [1.54, 1.807) is 0 Å². The Bertz CT molecular complexity index is 808. The van der Waals surface area contributed by atoms with Gasteiger partial charge in [0, 0.05) is 51.4 Å². The molecule has 1 aromatic heterocycles. The number of imidazole rings is 1. The van der Waals surface area contributed by atoms with Crippen LogP contribution in [0, 0.1) is 17.2 Å². The molecule has 6 heteroatoms. The Morgan fingerprint density at radius 3 is 2.39 bits per heavy atom. The average Bonchev–Trinajstić information content (AvgIpc) is 3.16. The van der Waals surface area contributed by atoms with Gasteiger partial charge in [0.25, 0.3) is 0 Å². The van der Waals surface area contributed by atoms with Crippen LogP contribution in [0.2, 0.25) is 0 Å². The Balaban J connectivity index is 1.55. The Morgan fingerprint density at radius 2 is 1.79 bits per heavy atom. The summed E-state index contributed by atoms with van der Waals surface area (Å²) in [5, 5.41) is 8.93. The fraction of sp³-hybridized carbons (Fsp3) is 0.500. The van der Waals surface area contributed by atoms with Gasteiger partial charge in [0.2, 0.25) is 5.91 Å². The minimum absolute atomic E-state index is 0.167. The maximum absolute atomic E-state index is 12.6. The Kier molecular flexibility index (Phi) is 6.83. The van der Waals surface area contributed by atoms with Gasteiger partial charge in [-0.3, -0.25) is 9.69 Å². The molecule has 0 radical (unpaired) electrons. The molecule has 0 unspecified atom stereocenters. The Labute approximate surface area is 167 Å². The number of benzene rings is 1. The number of aromatic nitrogens is 2. The highest BCUT2D eigenvalue weighted by Gasteiger charge is 2.25. The fourth-order valence-electron chi connectivity index (χ4n) is 3.76. The maximum atomic E-state index is 12.6. The molecule has 3 rings (SSSR count). The van der Waals surface area contributed by atoms with Crippen LogP contribution in [0.15, 0.2) is 36.8 Å². The zero-order valence-corrected chi connectivity index (χ0v) is 16.8. The lowest BCUT2D eigenvalue weighted by molar-refractivity contribution is -0.137. The van der Waals surface area contributed by atoms with Gasteiger partial charge in [-0.1, -0.05) is 26.0 Å². The molecule has 0 aliphatic carbocycles. The average molecular weight is 380 g/mol. The second-order valence-electron chi connectivity index (χ2n) is 7.44. The van der Waals surface area contributed by atoms with Crippen LogP contribution in [-0.4, -0.2) is 51.4 Å². The SMILES string of the molecule is CCC(CC)C(=O)N1CCN(Cc2cncn2Cc2ccc(C#N)cc2)CC1. The summed E-state index contributed by atoms with van der Waals surface area (Å²) >= 11 is 0. The van der Waals surface area contributed by atoms with Crippen molar-refractivity contribution in [2.24, 2.45) is 5.92 Å². The van der Waals surface area contributed by atoms with Gasteiger partial charge in [0.15, 0.2) is 0 Å². The van der Waals surface area contributed by atoms with Crippen molar-refractivity contribution < 1.29 is 4.79 Å². The number of hydrogen-bond acceptors (Lipinski definition) is 4. The first-order chi connectivity index (χ1) is 13.6. The lowest BCUT2D eigenvalue weighted by atomic mass is 10.0. The van der Waals surface area contributed by atoms with Crippen molar-refractivity contribution in [1.29, 1.82) is 5.26 Å². The van der Waals surface area contributed by atoms with E-state index >= 15 is 0 Å². The molecule has 0 saturated carbocycles. The minimum atomic E-state index is 0.167. The molecule has 1 aromatic carbocycles. The molecule has 0 spiro atoms. The summed E-state index contributed by atoms with van der Waals surface area (Å²) in [6.07, 6.45) is 5.62. The van der Waals surface area contributed by atoms with E-state index in [1.807, 2.05) is 41.7 Å². The van der Waals surface area contributed by atoms with Crippen LogP contribution in [-0.2, 0) is 17.9 Å². The Morgan fingerprint density at radius 1 is 1.11 bits per heavy atom. The molecule has 1 amide bonds. The fourth-order valence-corrected chi connectivity index (χ4v) is 3.76. The number of hydrogen-bond donors (Lipinski definition) is 0. The molecule has 1 aliphatic heterocycles. The molecule has 1 aliphatic rings. The summed E-state index contributed by atoms with van der Waals surface area (Å²) in [6, 6.07) is 9.83. The number of piperazine rings is 1. The van der Waals surface area contributed by atoms with Crippen molar-refractivity contribution in [1.82, 2.24) is 19.4 Å². The summed E-state index contributed by atoms with van der Waals surface area (Å²) < 4.78 is 2.16. The van der Waals surface area contributed by atoms with Crippen molar-refractivity contribution in [3.05, 3.63) is 53.6 Å². The zero-order chi connectivity index (χ0) is 19.9. The van der Waals surface area contributed by atoms with Gasteiger partial charge in [0.1, 0.15) is 0 Å². The lowest BCUT2D eigenvalue weighted by Gasteiger charge is -2.36. The third-order valence-electron chi connectivity index (χ3n) is 5.64. The number of amides is 1. The van der Waals surface area contributed by atoms with Gasteiger partial charge in [0.05, 0.1) is 23.7 Å². The number of nitriles is 1. The highest BCUT2D eigenvalue weighted by molar-refractivity contribution is 5.78. The second-order valence-corrected chi connectivity index (χ2v) is 7.44. The van der Waals surface area contributed by atoms with E-state index < -0.39 is 0 Å². The van der Waals surface area contributed by atoms with Gasteiger partial charge in [-0.25, -0.2) is 4.98 Å². The molecule has 28 heavy (non-hydrogen) atoms. The first-order valence-electron chi connectivity index (χ1n) is 10.1. The summed E-state index contributed by atoms with van der Waals surface area (Å²) in [7, 11) is 0. The first kappa shape index (κ1) is 20.1. The lowest BCUT2D eigenvalue weighted by Crippen LogP contribution is -2.50. The topological polar surface area (TPSA) is 65.2 Å². The number of rotatable bonds is 7. The smallest absolute Gasteiger partial charge is 0.225 e. The van der Waals surface area contributed by atoms with Crippen LogP contribution < -0.4 is 0 Å². The van der Waals surface area contributed by atoms with E-state index in [9.17, 15) is 4.79 Å². The van der Waals surface area contributed by atoms with Crippen molar-refractivity contribution in [3.63, 3.8) is 0 Å². The molecule has 0 bridgehead atoms. The molecule has 0 N–H and O–H groups in total. The van der Waals surface area contributed by atoms with Crippen molar-refractivity contribution in [2.45, 2.75) is 39.8 Å². The molecule has 1 saturated heterocycles. The predicted octanol–water partition coefficient (Wildman–Crippen LogP) is 2.88. The zero-order valence-electron chi connectivity index (χ0n) is 16.8. The van der Waals surface area contributed by atoms with Crippen LogP contribution in [0.3, 0.4) is 0 Å². The van der Waals surface area contributed by atoms with Crippen LogP contribution >= 0.6 is 0 Å². The van der Waals surface area contributed by atoms with E-state index in [-0.39, 0.29) is 5.92 Å². The Hall–Kier alpha value is -2.65. The first-order valence-corrected chi connectivity index (χ1v) is 10.1. The third-order valence-corrected chi connectivity index (χ3v) is 5.64. The van der Waals surface area contributed by atoms with Crippen molar-refractivity contribution >= 4 is 5.91 Å². The van der Waals surface area contributed by atoms with Crippen LogP contribution in [0.1, 0.15) is 43.5 Å². The minimum Gasteiger partial charge on any atom is -0.340 e. The van der Waals surface area contributed by atoms with E-state index in [4.69, 9.17) is 5.26 Å². The van der Waals surface area contributed by atoms with Gasteiger partial charge >= 0.3 is 0 Å². The maximum Gasteiger partial charge on any atom is 0.225 e. The monoisotopic (exact) mass is 379 g/mol. The highest BCUT2D eigenvalue weighted by atomic mass is 16.2. The van der Waals surface area contributed by atoms with Gasteiger partial charge in [-0.15, -0.1) is 0 Å². The number of nitrogens with zero attached hydrogens (tertiary/aromatic N) is 5. The number of carbonyl (C=O) groups excluding carboxylic acids is 1. The normalized spacial score (nSPS) is 15.0. The molecule has 148 valence electrons. The van der Waals surface area contributed by atoms with Crippen LogP contribution in [0.5, 0.6) is 0 Å². The van der Waals surface area contributed by atoms with Gasteiger partial charge < -0.3 is 9.47 Å². The highest BCUT2D eigenvalue weighted by Crippen LogP contribution is 2.16. The number of carbonyl (C=O) groups is 1. The molecule has 2 aromatic rings. The largest absolute Gasteiger partial charge is 0.340 e. The summed E-state index contributed by atoms with van der Waals surface area (Å²) in [5.41, 5.74) is 3.00. The van der Waals surface area contributed by atoms with Gasteiger partial charge in [-0.2, -0.15) is 5.26 Å². The summed E-state index contributed by atoms with van der Waals surface area (Å²) in [6.45, 7) is 9.17. The quantitative estimate of drug-likeness (QED) is 0.742. The molecular weight excluding hydrogens is 350 g/mol. The van der Waals surface area contributed by atoms with E-state index in [0.29, 0.717) is 11.5 Å². The standard InChI is InChI=1S/C22H29N5O/c1-3-20(4-2)22(28)26-11-9-25(10-12-26)16-21-14-24-17-27(21)15-19-7-5-18(13-23)6-8-19/h5-8,14,17,20H,3-4,9-12,15-16H2,1-2H3. The van der Waals surface area contributed by atoms with Crippen LogP contribution in [0.25, 0.3) is 0 Å². The molecule has 6 nitrogen and oxygen atoms in total. The summed E-state index contributed by atoms with van der Waals surface area (Å²) in [4.78, 5) is 21.3. The van der Waals surface area contributed by atoms with E-state index in [2.05, 4.69) is 34.4 Å². The molecule has 1 fully saturated rings. The molecule has 0 atom stereocenters. The van der Waals surface area contributed by atoms with E-state index in [1.165, 1.54) is 5.69 Å². The predicted molar refractivity (Wildman–Crippen MR) is 108 cm³/mol. The second kappa shape index (κ2) is 9.52. The third kappa shape index (κ3) is 4.79. The summed E-state index contributed by atoms with van der Waals surface area (Å²) in [5.74, 6) is 0.482. The van der Waals surface area contributed by atoms with Crippen LogP contribution in [0.4, 0.5) is 0 Å².